The molecule has 1 fully saturated rings. The van der Waals surface area contributed by atoms with E-state index in [1.54, 1.807) is 24.3 Å². The lowest BCUT2D eigenvalue weighted by Gasteiger charge is -2.12. The zero-order valence-corrected chi connectivity index (χ0v) is 21.9. The lowest BCUT2D eigenvalue weighted by molar-refractivity contribution is -0.117. The van der Waals surface area contributed by atoms with Gasteiger partial charge in [0.15, 0.2) is 0 Å². The highest BCUT2D eigenvalue weighted by atomic mass is 35.5. The van der Waals surface area contributed by atoms with Crippen LogP contribution < -0.4 is 10.6 Å². The van der Waals surface area contributed by atoms with Crippen LogP contribution in [0.3, 0.4) is 0 Å². The average molecular weight is 575 g/mol. The van der Waals surface area contributed by atoms with E-state index in [1.165, 1.54) is 30.3 Å². The zero-order valence-electron chi connectivity index (χ0n) is 18.1. The van der Waals surface area contributed by atoms with Gasteiger partial charge in [0.2, 0.25) is 5.91 Å². The molecule has 0 bridgehead atoms. The van der Waals surface area contributed by atoms with Gasteiger partial charge in [0.1, 0.15) is 10.2 Å². The Kier molecular flexibility index (Phi) is 7.56. The summed E-state index contributed by atoms with van der Waals surface area (Å²) < 4.78 is 12.2. The number of hydrogen-bond acceptors (Lipinski definition) is 2. The van der Waals surface area contributed by atoms with Crippen LogP contribution in [0.15, 0.2) is 54.6 Å². The minimum Gasteiger partial charge on any atom is -0.326 e. The van der Waals surface area contributed by atoms with Crippen molar-refractivity contribution in [2.45, 2.75) is 23.6 Å². The Morgan fingerprint density at radius 3 is 2.29 bits per heavy atom. The molecule has 2 amide bonds. The molecule has 0 aliphatic heterocycles. The summed E-state index contributed by atoms with van der Waals surface area (Å²) in [7, 11) is 0. The number of alkyl halides is 2. The van der Waals surface area contributed by atoms with Crippen LogP contribution in [0.2, 0.25) is 15.1 Å². The van der Waals surface area contributed by atoms with Crippen molar-refractivity contribution in [3.63, 3.8) is 0 Å². The number of carbonyl (C=O) groups excluding carboxylic acids is 2. The van der Waals surface area contributed by atoms with Crippen LogP contribution in [-0.2, 0) is 11.2 Å². The summed E-state index contributed by atoms with van der Waals surface area (Å²) in [6.45, 7) is 1.82. The Hall–Kier alpha value is -2.02. The second-order valence-electron chi connectivity index (χ2n) is 8.13. The number of halogens is 6. The van der Waals surface area contributed by atoms with Crippen molar-refractivity contribution in [1.82, 2.24) is 0 Å². The van der Waals surface area contributed by atoms with Gasteiger partial charge in [-0.1, -0.05) is 41.7 Å². The Balaban J connectivity index is 1.51. The average Bonchev–Trinajstić information content (AvgIpc) is 3.37. The summed E-state index contributed by atoms with van der Waals surface area (Å²) >= 11 is 31.3. The number of amides is 2. The minimum absolute atomic E-state index is 0.262. The molecule has 1 aliphatic rings. The number of hydrogen-bond donors (Lipinski definition) is 2. The summed E-state index contributed by atoms with van der Waals surface area (Å²) in [5.74, 6) is -2.54. The second kappa shape index (κ2) is 10.2. The van der Waals surface area contributed by atoms with Gasteiger partial charge in [0.05, 0.1) is 16.6 Å². The summed E-state index contributed by atoms with van der Waals surface area (Å²) in [5.41, 5.74) is 2.20. The number of benzene rings is 3. The van der Waals surface area contributed by atoms with Crippen LogP contribution in [0, 0.1) is 11.7 Å². The largest absolute Gasteiger partial charge is 0.326 e. The third-order valence-electron chi connectivity index (χ3n) is 5.75. The standard InChI is InChI=1S/C25H18Cl5FN2O2/c1-2-12-9-16(31)3-5-18(12)23(34)33-20-11-17(4-6-19(20)28)32-24(35)22-21(25(22,29)30)13-7-14(26)10-15(27)8-13/h3-11,21-22H,2H2,1H3,(H,32,35)(H,33,34). The Labute approximate surface area is 226 Å². The van der Waals surface area contributed by atoms with Gasteiger partial charge in [-0.3, -0.25) is 9.59 Å². The van der Waals surface area contributed by atoms with Gasteiger partial charge in [-0.15, -0.1) is 23.2 Å². The van der Waals surface area contributed by atoms with E-state index in [-0.39, 0.29) is 10.7 Å². The summed E-state index contributed by atoms with van der Waals surface area (Å²) in [6.07, 6.45) is 0.476. The third-order valence-corrected chi connectivity index (χ3v) is 7.46. The predicted octanol–water partition coefficient (Wildman–Crippen LogP) is 8.13. The molecule has 1 aliphatic carbocycles. The van der Waals surface area contributed by atoms with Crippen molar-refractivity contribution in [3.05, 3.63) is 92.2 Å². The molecule has 2 unspecified atom stereocenters. The number of carbonyl (C=O) groups is 2. The second-order valence-corrected chi connectivity index (χ2v) is 10.9. The molecule has 1 saturated carbocycles. The van der Waals surface area contributed by atoms with E-state index in [1.807, 2.05) is 6.92 Å². The van der Waals surface area contributed by atoms with Crippen LogP contribution in [-0.4, -0.2) is 16.1 Å². The first-order valence-electron chi connectivity index (χ1n) is 10.5. The lowest BCUT2D eigenvalue weighted by atomic mass is 10.0. The van der Waals surface area contributed by atoms with Crippen molar-refractivity contribution < 1.29 is 14.0 Å². The molecule has 35 heavy (non-hydrogen) atoms. The zero-order chi connectivity index (χ0) is 25.5. The topological polar surface area (TPSA) is 58.2 Å². The van der Waals surface area contributed by atoms with Gasteiger partial charge in [-0.25, -0.2) is 4.39 Å². The van der Waals surface area contributed by atoms with E-state index in [4.69, 9.17) is 58.0 Å². The van der Waals surface area contributed by atoms with Crippen molar-refractivity contribution in [2.24, 2.45) is 5.92 Å². The molecule has 4 nitrogen and oxygen atoms in total. The maximum absolute atomic E-state index is 13.5. The van der Waals surface area contributed by atoms with Gasteiger partial charge < -0.3 is 10.6 Å². The van der Waals surface area contributed by atoms with Crippen LogP contribution in [0.25, 0.3) is 0 Å². The SMILES string of the molecule is CCc1cc(F)ccc1C(=O)Nc1cc(NC(=O)C2C(c3cc(Cl)cc(Cl)c3)C2(Cl)Cl)ccc1Cl. The van der Waals surface area contributed by atoms with E-state index in [2.05, 4.69) is 10.6 Å². The molecule has 182 valence electrons. The molecule has 0 saturated heterocycles. The quantitative estimate of drug-likeness (QED) is 0.292. The first-order valence-corrected chi connectivity index (χ1v) is 12.4. The highest BCUT2D eigenvalue weighted by molar-refractivity contribution is 6.53. The maximum atomic E-state index is 13.5. The van der Waals surface area contributed by atoms with Gasteiger partial charge >= 0.3 is 0 Å². The van der Waals surface area contributed by atoms with Crippen molar-refractivity contribution in [1.29, 1.82) is 0 Å². The Bertz CT molecular complexity index is 1310. The van der Waals surface area contributed by atoms with Gasteiger partial charge in [-0.2, -0.15) is 0 Å². The molecule has 10 heteroatoms. The van der Waals surface area contributed by atoms with E-state index >= 15 is 0 Å². The molecular weight excluding hydrogens is 557 g/mol. The molecular formula is C25H18Cl5FN2O2. The van der Waals surface area contributed by atoms with Crippen molar-refractivity contribution in [2.75, 3.05) is 10.6 Å². The summed E-state index contributed by atoms with van der Waals surface area (Å²) in [4.78, 5) is 25.8. The maximum Gasteiger partial charge on any atom is 0.255 e. The fourth-order valence-electron chi connectivity index (χ4n) is 4.01. The van der Waals surface area contributed by atoms with E-state index < -0.39 is 33.8 Å². The first-order chi connectivity index (χ1) is 16.5. The molecule has 2 N–H and O–H groups in total. The monoisotopic (exact) mass is 572 g/mol. The highest BCUT2D eigenvalue weighted by Gasteiger charge is 2.67. The number of aryl methyl sites for hydroxylation is 1. The van der Waals surface area contributed by atoms with E-state index in [0.717, 1.165) is 0 Å². The van der Waals surface area contributed by atoms with Crippen LogP contribution in [0.1, 0.15) is 34.3 Å². The number of rotatable bonds is 6. The van der Waals surface area contributed by atoms with E-state index in [0.29, 0.717) is 38.8 Å². The number of anilines is 2. The van der Waals surface area contributed by atoms with Gasteiger partial charge in [-0.05, 0) is 72.1 Å². The predicted molar refractivity (Wildman–Crippen MR) is 141 cm³/mol. The fraction of sp³-hybridized carbons (Fsp3) is 0.200. The minimum atomic E-state index is -1.33. The number of nitrogens with one attached hydrogen (secondary N) is 2. The Morgan fingerprint density at radius 2 is 1.63 bits per heavy atom. The molecule has 0 aromatic heterocycles. The summed E-state index contributed by atoms with van der Waals surface area (Å²) in [5, 5.41) is 6.57. The summed E-state index contributed by atoms with van der Waals surface area (Å²) in [6, 6.07) is 13.5. The molecule has 0 spiro atoms. The molecule has 0 radical (unpaired) electrons. The van der Waals surface area contributed by atoms with Crippen molar-refractivity contribution in [3.8, 4) is 0 Å². The fourth-order valence-corrected chi connectivity index (χ4v) is 5.54. The van der Waals surface area contributed by atoms with Crippen LogP contribution in [0.4, 0.5) is 15.8 Å². The lowest BCUT2D eigenvalue weighted by Crippen LogP contribution is -2.18. The first kappa shape index (κ1) is 26.1. The Morgan fingerprint density at radius 1 is 0.943 bits per heavy atom. The molecule has 4 rings (SSSR count). The van der Waals surface area contributed by atoms with Crippen LogP contribution in [0.5, 0.6) is 0 Å². The van der Waals surface area contributed by atoms with Crippen molar-refractivity contribution >= 4 is 81.2 Å². The van der Waals surface area contributed by atoms with Crippen LogP contribution >= 0.6 is 58.0 Å². The normalized spacial score (nSPS) is 18.1. The van der Waals surface area contributed by atoms with Gasteiger partial charge in [0.25, 0.3) is 5.91 Å². The molecule has 2 atom stereocenters. The molecule has 3 aromatic rings. The van der Waals surface area contributed by atoms with E-state index in [9.17, 15) is 14.0 Å². The molecule has 3 aromatic carbocycles. The smallest absolute Gasteiger partial charge is 0.255 e. The third kappa shape index (κ3) is 5.55. The molecule has 0 heterocycles. The van der Waals surface area contributed by atoms with Gasteiger partial charge in [0, 0.05) is 27.2 Å². The highest BCUT2D eigenvalue weighted by Crippen LogP contribution is 2.65.